The lowest BCUT2D eigenvalue weighted by atomic mass is 10.1. The molecule has 0 saturated carbocycles. The summed E-state index contributed by atoms with van der Waals surface area (Å²) >= 11 is 0. The molecular formula is C23H29N6O3S+. The number of sulfonamides is 1. The summed E-state index contributed by atoms with van der Waals surface area (Å²) in [5, 5.41) is 13.8. The quantitative estimate of drug-likeness (QED) is 0.435. The summed E-state index contributed by atoms with van der Waals surface area (Å²) in [6.07, 6.45) is 9.02. The van der Waals surface area contributed by atoms with Crippen LogP contribution in [0, 0.1) is 12.8 Å². The first-order valence-corrected chi connectivity index (χ1v) is 12.7. The van der Waals surface area contributed by atoms with Crippen LogP contribution in [0.25, 0.3) is 0 Å². The molecule has 10 heteroatoms. The predicted molar refractivity (Wildman–Crippen MR) is 129 cm³/mol. The summed E-state index contributed by atoms with van der Waals surface area (Å²) in [5.41, 5.74) is 10.7. The normalized spacial score (nSPS) is 22.1. The molecule has 0 spiro atoms. The molecule has 1 unspecified atom stereocenters. The highest BCUT2D eigenvalue weighted by Gasteiger charge is 2.28. The van der Waals surface area contributed by atoms with E-state index in [1.807, 2.05) is 37.3 Å². The Morgan fingerprint density at radius 1 is 1.30 bits per heavy atom. The standard InChI is InChI=1S/C23H28N6O3S/c1-16-3-5-17(6-4-16)14-29-23(24)22(12-25-29)26-20-8-7-19(11-21(20)27-33(2,31)32)28-10-9-18(13-28)15-30/h3-8,11-12,18,30H,9-10,13-15H2,1-2H3,(H2,24,25,27)/p+1. The Balaban J connectivity index is 1.63. The molecule has 9 nitrogen and oxygen atoms in total. The van der Waals surface area contributed by atoms with Crippen LogP contribution in [0.5, 0.6) is 0 Å². The van der Waals surface area contributed by atoms with E-state index < -0.39 is 10.0 Å². The second-order valence-corrected chi connectivity index (χ2v) is 10.3. The van der Waals surface area contributed by atoms with Gasteiger partial charge in [0.25, 0.3) is 0 Å². The first-order valence-electron chi connectivity index (χ1n) is 10.8. The number of aliphatic hydroxyl groups is 1. The van der Waals surface area contributed by atoms with Gasteiger partial charge in [0.2, 0.25) is 15.7 Å². The zero-order valence-corrected chi connectivity index (χ0v) is 19.6. The molecule has 2 heterocycles. The Kier molecular flexibility index (Phi) is 6.48. The van der Waals surface area contributed by atoms with E-state index in [0.29, 0.717) is 29.5 Å². The maximum absolute atomic E-state index is 12.0. The van der Waals surface area contributed by atoms with Gasteiger partial charge in [-0.25, -0.2) is 22.7 Å². The van der Waals surface area contributed by atoms with Crippen LogP contribution in [0.1, 0.15) is 17.5 Å². The molecule has 33 heavy (non-hydrogen) atoms. The van der Waals surface area contributed by atoms with Gasteiger partial charge in [-0.15, -0.1) is 0 Å². The number of hydrogen-bond donors (Lipinski definition) is 3. The number of aryl methyl sites for hydroxylation is 1. The second kappa shape index (κ2) is 9.32. The number of aliphatic imine (C=N–C) groups is 1. The minimum atomic E-state index is -3.52. The number of hydrogen-bond acceptors (Lipinski definition) is 6. The van der Waals surface area contributed by atoms with Crippen LogP contribution in [-0.2, 0) is 16.6 Å². The molecule has 0 bridgehead atoms. The lowest BCUT2D eigenvalue weighted by molar-refractivity contribution is -0.507. The third kappa shape index (κ3) is 5.58. The minimum absolute atomic E-state index is 0.143. The zero-order chi connectivity index (χ0) is 23.6. The van der Waals surface area contributed by atoms with Crippen LogP contribution in [0.15, 0.2) is 59.4 Å². The second-order valence-electron chi connectivity index (χ2n) is 8.53. The number of allylic oxidation sites excluding steroid dienone is 3. The maximum Gasteiger partial charge on any atom is 0.229 e. The van der Waals surface area contributed by atoms with Gasteiger partial charge in [0.05, 0.1) is 37.0 Å². The molecule has 1 atom stereocenters. The molecule has 1 aromatic carbocycles. The fraction of sp³-hybridized carbons (Fsp3) is 0.348. The minimum Gasteiger partial charge on any atom is -0.396 e. The first kappa shape index (κ1) is 22.9. The molecule has 2 aromatic rings. The Labute approximate surface area is 193 Å². The van der Waals surface area contributed by atoms with Crippen molar-refractivity contribution in [2.75, 3.05) is 31.7 Å². The molecule has 1 fully saturated rings. The van der Waals surface area contributed by atoms with Gasteiger partial charge < -0.3 is 10.8 Å². The van der Waals surface area contributed by atoms with Gasteiger partial charge in [-0.1, -0.05) is 29.8 Å². The van der Waals surface area contributed by atoms with Gasteiger partial charge in [0.15, 0.2) is 0 Å². The van der Waals surface area contributed by atoms with Crippen LogP contribution in [0.4, 0.5) is 11.5 Å². The van der Waals surface area contributed by atoms with E-state index >= 15 is 0 Å². The largest absolute Gasteiger partial charge is 0.396 e. The lowest BCUT2D eigenvalue weighted by Gasteiger charge is -2.13. The molecule has 1 aliphatic heterocycles. The van der Waals surface area contributed by atoms with Gasteiger partial charge in [-0.05, 0) is 18.6 Å². The first-order chi connectivity index (χ1) is 15.7. The van der Waals surface area contributed by atoms with E-state index in [9.17, 15) is 13.5 Å². The Morgan fingerprint density at radius 3 is 2.73 bits per heavy atom. The van der Waals surface area contributed by atoms with E-state index in [2.05, 4.69) is 19.4 Å². The van der Waals surface area contributed by atoms with Gasteiger partial charge >= 0.3 is 0 Å². The summed E-state index contributed by atoms with van der Waals surface area (Å²) in [7, 11) is -3.52. The molecule has 0 radical (unpaired) electrons. The molecule has 1 aliphatic carbocycles. The number of nitrogens with zero attached hydrogens (tertiary/aromatic N) is 4. The smallest absolute Gasteiger partial charge is 0.229 e. The Morgan fingerprint density at radius 2 is 2.06 bits per heavy atom. The van der Waals surface area contributed by atoms with Crippen LogP contribution < -0.4 is 10.5 Å². The lowest BCUT2D eigenvalue weighted by Crippen LogP contribution is -2.30. The van der Waals surface area contributed by atoms with E-state index in [-0.39, 0.29) is 12.5 Å². The van der Waals surface area contributed by atoms with E-state index in [1.54, 1.807) is 23.0 Å². The number of nitrogen functional groups attached to an aromatic ring is 1. The number of benzene rings is 1. The number of rotatable bonds is 6. The third-order valence-corrected chi connectivity index (χ3v) is 6.33. The van der Waals surface area contributed by atoms with E-state index in [1.165, 1.54) is 5.56 Å². The molecule has 2 aliphatic rings. The van der Waals surface area contributed by atoms with Gasteiger partial charge in [-0.2, -0.15) is 5.10 Å². The highest BCUT2D eigenvalue weighted by Crippen LogP contribution is 2.24. The van der Waals surface area contributed by atoms with Crippen molar-refractivity contribution in [3.05, 3.63) is 65.5 Å². The number of aliphatic hydroxyl groups excluding tert-OH is 1. The number of nitrogens with one attached hydrogen (secondary N) is 1. The van der Waals surface area contributed by atoms with Crippen LogP contribution >= 0.6 is 0 Å². The van der Waals surface area contributed by atoms with Crippen molar-refractivity contribution in [3.8, 4) is 0 Å². The van der Waals surface area contributed by atoms with Crippen LogP contribution in [-0.4, -0.2) is 65.3 Å². The fourth-order valence-electron chi connectivity index (χ4n) is 3.91. The maximum atomic E-state index is 12.0. The van der Waals surface area contributed by atoms with Crippen molar-refractivity contribution in [2.45, 2.75) is 19.9 Å². The van der Waals surface area contributed by atoms with Crippen molar-refractivity contribution in [2.24, 2.45) is 10.9 Å². The average Bonchev–Trinajstić information content (AvgIpc) is 3.38. The number of nitrogens with two attached hydrogens (primary N) is 1. The molecule has 1 aromatic heterocycles. The highest BCUT2D eigenvalue weighted by atomic mass is 32.2. The van der Waals surface area contributed by atoms with Crippen LogP contribution in [0.2, 0.25) is 0 Å². The van der Waals surface area contributed by atoms with Crippen molar-refractivity contribution < 1.29 is 18.1 Å². The Bertz CT molecular complexity index is 1270. The number of aromatic nitrogens is 2. The summed E-state index contributed by atoms with van der Waals surface area (Å²) in [6.45, 7) is 4.22. The van der Waals surface area contributed by atoms with E-state index in [4.69, 9.17) is 5.73 Å². The van der Waals surface area contributed by atoms with Gasteiger partial charge in [0, 0.05) is 24.5 Å². The topological polar surface area (TPSA) is 126 Å². The average molecular weight is 470 g/mol. The van der Waals surface area contributed by atoms with Gasteiger partial charge in [-0.3, -0.25) is 4.72 Å². The predicted octanol–water partition coefficient (Wildman–Crippen LogP) is 1.36. The zero-order valence-electron chi connectivity index (χ0n) is 18.8. The summed E-state index contributed by atoms with van der Waals surface area (Å²) in [5.74, 6) is 0.620. The Hall–Kier alpha value is -3.24. The van der Waals surface area contributed by atoms with Crippen molar-refractivity contribution in [1.82, 2.24) is 14.5 Å². The number of anilines is 1. The fourth-order valence-corrected chi connectivity index (χ4v) is 4.47. The summed E-state index contributed by atoms with van der Waals surface area (Å²) in [6, 6.07) is 8.13. The monoisotopic (exact) mass is 469 g/mol. The van der Waals surface area contributed by atoms with Gasteiger partial charge in [0.1, 0.15) is 24.6 Å². The molecule has 4 rings (SSSR count). The molecular weight excluding hydrogens is 440 g/mol. The molecule has 1 saturated heterocycles. The van der Waals surface area contributed by atoms with Crippen molar-refractivity contribution in [3.63, 3.8) is 0 Å². The molecule has 174 valence electrons. The highest BCUT2D eigenvalue weighted by molar-refractivity contribution is 7.88. The molecule has 4 N–H and O–H groups in total. The van der Waals surface area contributed by atoms with E-state index in [0.717, 1.165) is 37.0 Å². The third-order valence-electron chi connectivity index (χ3n) is 5.74. The SMILES string of the molecule is Cc1ccc(Cn2ncc(/N=C3C=C/C(=[N+]4/CCC(CO)C4)C=C/3NS(C)(=O)=O)c2N)cc1. The van der Waals surface area contributed by atoms with Crippen molar-refractivity contribution >= 4 is 33.0 Å². The van der Waals surface area contributed by atoms with Crippen LogP contribution in [0.3, 0.4) is 0 Å². The summed E-state index contributed by atoms with van der Waals surface area (Å²) in [4.78, 5) is 4.61. The summed E-state index contributed by atoms with van der Waals surface area (Å²) < 4.78 is 30.4. The van der Waals surface area contributed by atoms with Crippen molar-refractivity contribution in [1.29, 1.82) is 0 Å². The molecule has 0 amide bonds.